The van der Waals surface area contributed by atoms with Gasteiger partial charge in [0, 0.05) is 12.6 Å². The lowest BCUT2D eigenvalue weighted by Gasteiger charge is -2.20. The first-order chi connectivity index (χ1) is 43.8. The second-order valence-corrected chi connectivity index (χ2v) is 24.9. The molecule has 1 saturated carbocycles. The van der Waals surface area contributed by atoms with Crippen LogP contribution in [0.5, 0.6) is 0 Å². The molecule has 1 aliphatic rings. The zero-order chi connectivity index (χ0) is 59.4. The molecule has 0 amide bonds. The fourth-order valence-corrected chi connectivity index (χ4v) is 15.1. The minimum absolute atomic E-state index is 0.0253. The highest BCUT2D eigenvalue weighted by Crippen LogP contribution is 2.49. The second-order valence-electron chi connectivity index (χ2n) is 24.9. The molecule has 0 saturated heterocycles. The molecule has 0 aliphatic heterocycles. The summed E-state index contributed by atoms with van der Waals surface area (Å²) in [7, 11) is 0. The number of imidazole rings is 2. The summed E-state index contributed by atoms with van der Waals surface area (Å²) in [6.45, 7) is 4.95. The maximum atomic E-state index is 14.7. The Balaban J connectivity index is 0.890. The lowest BCUT2D eigenvalue weighted by molar-refractivity contribution is 0.513. The summed E-state index contributed by atoms with van der Waals surface area (Å²) in [5.41, 5.74) is 16.8. The van der Waals surface area contributed by atoms with Crippen molar-refractivity contribution >= 4 is 86.7 Å². The number of nitrogens with zero attached hydrogens (tertiary/aromatic N) is 4. The van der Waals surface area contributed by atoms with Crippen molar-refractivity contribution in [2.24, 2.45) is 5.92 Å². The summed E-state index contributed by atoms with van der Waals surface area (Å²) < 4.78 is 7.76. The van der Waals surface area contributed by atoms with Crippen LogP contribution in [-0.2, 0) is 6.54 Å². The Kier molecular flexibility index (Phi) is 12.4. The quantitative estimate of drug-likeness (QED) is 0.128. The van der Waals surface area contributed by atoms with Crippen LogP contribution in [0.15, 0.2) is 277 Å². The van der Waals surface area contributed by atoms with E-state index in [1.807, 2.05) is 38.0 Å². The highest BCUT2D eigenvalue weighted by atomic mass is 16.2. The van der Waals surface area contributed by atoms with Gasteiger partial charge in [0.05, 0.1) is 33.4 Å². The first kappa shape index (κ1) is 52.5. The lowest BCUT2D eigenvalue weighted by atomic mass is 9.83. The summed E-state index contributed by atoms with van der Waals surface area (Å²) in [6.07, 6.45) is 4.35. The number of hydrogen-bond acceptors (Lipinski definition) is 2. The van der Waals surface area contributed by atoms with Crippen LogP contribution in [0.25, 0.3) is 154 Å². The molecule has 0 atom stereocenters. The standard InChI is InChI=1S/C83H62N4O2/c1-52(2)51-84-74-27-13-14-28-75(74)85(82(84)88)64-41-35-55(36-42-64)78-66-23-9-11-25-68(66)80(61-33-31-53-17-3-5-19-57(53)47-61)70-45-39-59(49-72(70)78)60-40-46-71-73(50-60)79(67-24-10-12-26-69(67)81(71)62-34-32-54-18-4-6-20-58(54)48-62)56-37-43-65(44-38-56)87-77-30-16-15-29-76(77)86(83(87)89)63-21-7-8-22-63/h3-6,9-20,23-50,52,63H,7-8,21-22,51H2,1-2H3. The van der Waals surface area contributed by atoms with E-state index in [0.717, 1.165) is 130 Å². The molecular formula is C83H62N4O2. The summed E-state index contributed by atoms with van der Waals surface area (Å²) >= 11 is 0. The number of hydrogen-bond donors (Lipinski definition) is 0. The fraction of sp³-hybridized carbons (Fsp3) is 0.108. The van der Waals surface area contributed by atoms with Crippen LogP contribution < -0.4 is 11.4 Å². The molecule has 6 heteroatoms. The second kappa shape index (κ2) is 21.0. The maximum Gasteiger partial charge on any atom is 0.333 e. The summed E-state index contributed by atoms with van der Waals surface area (Å²) in [5, 5.41) is 14.1. The Morgan fingerprint density at radius 1 is 0.326 bits per heavy atom. The van der Waals surface area contributed by atoms with Crippen molar-refractivity contribution in [2.45, 2.75) is 52.1 Å². The molecule has 2 aromatic heterocycles. The van der Waals surface area contributed by atoms with E-state index in [0.29, 0.717) is 12.5 Å². The average molecular weight is 1150 g/mol. The van der Waals surface area contributed by atoms with Gasteiger partial charge in [-0.05, 0) is 212 Å². The Labute approximate surface area is 515 Å². The average Bonchev–Trinajstić information content (AvgIpc) is 1.85. The zero-order valence-corrected chi connectivity index (χ0v) is 49.7. The molecule has 0 N–H and O–H groups in total. The molecular weight excluding hydrogens is 1080 g/mol. The van der Waals surface area contributed by atoms with Crippen molar-refractivity contribution in [3.05, 3.63) is 288 Å². The molecule has 17 rings (SSSR count). The molecule has 0 bridgehead atoms. The van der Waals surface area contributed by atoms with Gasteiger partial charge >= 0.3 is 11.4 Å². The van der Waals surface area contributed by atoms with Gasteiger partial charge in [0.15, 0.2) is 0 Å². The van der Waals surface area contributed by atoms with Crippen molar-refractivity contribution in [3.63, 3.8) is 0 Å². The SMILES string of the molecule is CC(C)Cn1c(=O)n(-c2ccc(-c3c4ccccc4c(-c4ccc5ccccc5c4)c4ccc(-c5ccc6c(-c7ccc8ccccc8c7)c7ccccc7c(-c7ccc(-n8c(=O)n(C9CCCC9)c9ccccc98)cc7)c6c5)cc34)cc2)c2ccccc21. The normalized spacial score (nSPS) is 13.1. The number of aromatic nitrogens is 4. The third kappa shape index (κ3) is 8.53. The Hall–Kier alpha value is -10.8. The van der Waals surface area contributed by atoms with Crippen LogP contribution in [-0.4, -0.2) is 18.3 Å². The minimum atomic E-state index is -0.0311. The molecule has 6 nitrogen and oxygen atoms in total. The van der Waals surface area contributed by atoms with E-state index >= 15 is 0 Å². The van der Waals surface area contributed by atoms with E-state index in [2.05, 4.69) is 261 Å². The summed E-state index contributed by atoms with van der Waals surface area (Å²) in [6, 6.07) is 96.9. The van der Waals surface area contributed by atoms with Gasteiger partial charge < -0.3 is 0 Å². The Morgan fingerprint density at radius 2 is 0.685 bits per heavy atom. The van der Waals surface area contributed by atoms with Gasteiger partial charge in [0.1, 0.15) is 0 Å². The predicted molar refractivity (Wildman–Crippen MR) is 373 cm³/mol. The number of para-hydroxylation sites is 4. The molecule has 426 valence electrons. The van der Waals surface area contributed by atoms with E-state index in [9.17, 15) is 9.59 Å². The Morgan fingerprint density at radius 3 is 1.16 bits per heavy atom. The highest BCUT2D eigenvalue weighted by molar-refractivity contribution is 6.24. The van der Waals surface area contributed by atoms with Gasteiger partial charge in [0.25, 0.3) is 0 Å². The van der Waals surface area contributed by atoms with E-state index in [4.69, 9.17) is 0 Å². The van der Waals surface area contributed by atoms with Crippen LogP contribution in [0.1, 0.15) is 45.6 Å². The van der Waals surface area contributed by atoms with E-state index in [1.54, 1.807) is 0 Å². The topological polar surface area (TPSA) is 53.9 Å². The van der Waals surface area contributed by atoms with Crippen LogP contribution in [0, 0.1) is 5.92 Å². The smallest absolute Gasteiger partial charge is 0.291 e. The van der Waals surface area contributed by atoms with Crippen molar-refractivity contribution in [1.29, 1.82) is 0 Å². The number of fused-ring (bicyclic) bond motifs is 8. The van der Waals surface area contributed by atoms with Gasteiger partial charge in [-0.1, -0.05) is 221 Å². The summed E-state index contributed by atoms with van der Waals surface area (Å²) in [5.74, 6) is 0.307. The monoisotopic (exact) mass is 1150 g/mol. The third-order valence-electron chi connectivity index (χ3n) is 19.1. The number of benzene rings is 14. The molecule has 14 aromatic carbocycles. The fourth-order valence-electron chi connectivity index (χ4n) is 15.1. The van der Waals surface area contributed by atoms with Crippen LogP contribution >= 0.6 is 0 Å². The van der Waals surface area contributed by atoms with Gasteiger partial charge in [0.2, 0.25) is 0 Å². The molecule has 0 unspecified atom stereocenters. The van der Waals surface area contributed by atoms with E-state index in [1.165, 1.54) is 49.0 Å². The zero-order valence-electron chi connectivity index (χ0n) is 49.7. The largest absolute Gasteiger partial charge is 0.333 e. The molecule has 2 heterocycles. The Bertz CT molecular complexity index is 5670. The van der Waals surface area contributed by atoms with E-state index in [-0.39, 0.29) is 17.4 Å². The molecule has 0 spiro atoms. The number of rotatable bonds is 10. The van der Waals surface area contributed by atoms with Gasteiger partial charge in [-0.15, -0.1) is 0 Å². The summed E-state index contributed by atoms with van der Waals surface area (Å²) in [4.78, 5) is 29.1. The van der Waals surface area contributed by atoms with Crippen LogP contribution in [0.2, 0.25) is 0 Å². The molecule has 0 radical (unpaired) electrons. The van der Waals surface area contributed by atoms with Gasteiger partial charge in [-0.3, -0.25) is 18.3 Å². The van der Waals surface area contributed by atoms with Gasteiger partial charge in [-0.25, -0.2) is 9.59 Å². The molecule has 1 aliphatic carbocycles. The van der Waals surface area contributed by atoms with E-state index < -0.39 is 0 Å². The molecule has 16 aromatic rings. The highest BCUT2D eigenvalue weighted by Gasteiger charge is 2.26. The maximum absolute atomic E-state index is 14.7. The van der Waals surface area contributed by atoms with Crippen molar-refractivity contribution < 1.29 is 0 Å². The minimum Gasteiger partial charge on any atom is -0.291 e. The lowest BCUT2D eigenvalue weighted by Crippen LogP contribution is -2.25. The predicted octanol–water partition coefficient (Wildman–Crippen LogP) is 20.9. The first-order valence-corrected chi connectivity index (χ1v) is 31.4. The van der Waals surface area contributed by atoms with Gasteiger partial charge in [-0.2, -0.15) is 0 Å². The first-order valence-electron chi connectivity index (χ1n) is 31.4. The third-order valence-corrected chi connectivity index (χ3v) is 19.1. The van der Waals surface area contributed by atoms with Crippen molar-refractivity contribution in [1.82, 2.24) is 18.3 Å². The van der Waals surface area contributed by atoms with Crippen LogP contribution in [0.4, 0.5) is 0 Å². The molecule has 1 fully saturated rings. The van der Waals surface area contributed by atoms with Crippen LogP contribution in [0.3, 0.4) is 0 Å². The van der Waals surface area contributed by atoms with Crippen molar-refractivity contribution in [2.75, 3.05) is 0 Å². The van der Waals surface area contributed by atoms with Crippen molar-refractivity contribution in [3.8, 4) is 67.0 Å². The molecule has 89 heavy (non-hydrogen) atoms.